The fraction of sp³-hybridized carbons (Fsp3) is 0.387. The van der Waals surface area contributed by atoms with Crippen molar-refractivity contribution < 1.29 is 33.0 Å². The molecule has 2 atom stereocenters. The molecule has 1 aliphatic carbocycles. The first-order chi connectivity index (χ1) is 20.8. The number of hydrazone groups is 1. The van der Waals surface area contributed by atoms with Crippen LogP contribution in [0.15, 0.2) is 47.6 Å². The molecule has 0 spiro atoms. The molecule has 3 aromatic rings. The quantitative estimate of drug-likeness (QED) is 0.153. The van der Waals surface area contributed by atoms with Gasteiger partial charge in [-0.05, 0) is 80.5 Å². The third kappa shape index (κ3) is 8.89. The van der Waals surface area contributed by atoms with Gasteiger partial charge in [0.25, 0.3) is 11.8 Å². The summed E-state index contributed by atoms with van der Waals surface area (Å²) in [6, 6.07) is 10.3. The van der Waals surface area contributed by atoms with Gasteiger partial charge in [-0.1, -0.05) is 29.8 Å². The van der Waals surface area contributed by atoms with Crippen molar-refractivity contribution in [1.82, 2.24) is 10.3 Å². The number of alkyl halides is 3. The summed E-state index contributed by atoms with van der Waals surface area (Å²) in [6.07, 6.45) is -1.48. The number of carbonyl (C=O) groups is 2. The molecule has 1 heterocycles. The van der Waals surface area contributed by atoms with Gasteiger partial charge >= 0.3 is 6.18 Å². The van der Waals surface area contributed by atoms with Crippen molar-refractivity contribution in [1.29, 1.82) is 0 Å². The lowest BCUT2D eigenvalue weighted by Gasteiger charge is -2.25. The Morgan fingerprint density at radius 3 is 2.45 bits per heavy atom. The van der Waals surface area contributed by atoms with Crippen LogP contribution in [0, 0.1) is 0 Å². The number of thiophene rings is 1. The van der Waals surface area contributed by atoms with E-state index in [2.05, 4.69) is 15.8 Å². The second kappa shape index (κ2) is 14.7. The minimum Gasteiger partial charge on any atom is -0.392 e. The molecule has 0 saturated carbocycles. The number of fused-ring (bicyclic) bond motifs is 1. The Bertz CT molecular complexity index is 1510. The number of carbonyl (C=O) groups excluding carboxylic acids is 2. The Morgan fingerprint density at radius 2 is 1.77 bits per heavy atom. The highest BCUT2D eigenvalue weighted by Crippen LogP contribution is 2.38. The third-order valence-electron chi connectivity index (χ3n) is 6.94. The van der Waals surface area contributed by atoms with Gasteiger partial charge in [-0.15, -0.1) is 11.3 Å². The average molecular weight is 651 g/mol. The molecule has 0 saturated heterocycles. The van der Waals surface area contributed by atoms with Crippen LogP contribution in [-0.4, -0.2) is 58.4 Å². The number of nitrogens with zero attached hydrogens (tertiary/aromatic N) is 2. The molecule has 0 aliphatic heterocycles. The van der Waals surface area contributed by atoms with Crippen molar-refractivity contribution >= 4 is 46.0 Å². The predicted molar refractivity (Wildman–Crippen MR) is 166 cm³/mol. The first-order valence-corrected chi connectivity index (χ1v) is 15.3. The van der Waals surface area contributed by atoms with E-state index >= 15 is 0 Å². The van der Waals surface area contributed by atoms with Gasteiger partial charge in [0.05, 0.1) is 34.6 Å². The predicted octanol–water partition coefficient (Wildman–Crippen LogP) is 5.88. The molecule has 8 nitrogen and oxygen atoms in total. The minimum absolute atomic E-state index is 0.100. The molecule has 44 heavy (non-hydrogen) atoms. The number of amides is 2. The second-order valence-electron chi connectivity index (χ2n) is 10.9. The molecular formula is C31H34ClF3N4O4S. The summed E-state index contributed by atoms with van der Waals surface area (Å²) >= 11 is 7.01. The van der Waals surface area contributed by atoms with E-state index in [0.29, 0.717) is 42.2 Å². The molecule has 13 heteroatoms. The molecule has 0 fully saturated rings. The number of rotatable bonds is 11. The van der Waals surface area contributed by atoms with E-state index < -0.39 is 40.8 Å². The van der Waals surface area contributed by atoms with E-state index in [0.717, 1.165) is 53.6 Å². The molecule has 0 radical (unpaired) electrons. The van der Waals surface area contributed by atoms with Gasteiger partial charge in [0.1, 0.15) is 5.00 Å². The number of hydrogen-bond donors (Lipinski definition) is 4. The number of halogens is 4. The zero-order chi connectivity index (χ0) is 32.0. The van der Waals surface area contributed by atoms with Crippen molar-refractivity contribution in [3.8, 4) is 0 Å². The summed E-state index contributed by atoms with van der Waals surface area (Å²) in [7, 11) is 0. The smallest absolute Gasteiger partial charge is 0.392 e. The van der Waals surface area contributed by atoms with Crippen LogP contribution in [-0.2, 0) is 25.6 Å². The van der Waals surface area contributed by atoms with Gasteiger partial charge < -0.3 is 15.5 Å². The molecule has 4 N–H and O–H groups in total. The van der Waals surface area contributed by atoms with Crippen LogP contribution in [0.5, 0.6) is 0 Å². The molecule has 4 rings (SSSR count). The minimum atomic E-state index is -4.64. The maximum Gasteiger partial charge on any atom is 0.417 e. The summed E-state index contributed by atoms with van der Waals surface area (Å²) in [6.45, 7) is 4.45. The summed E-state index contributed by atoms with van der Waals surface area (Å²) in [5, 5.41) is 26.4. The molecule has 2 unspecified atom stereocenters. The van der Waals surface area contributed by atoms with Gasteiger partial charge in [0.15, 0.2) is 0 Å². The molecular weight excluding hydrogens is 617 g/mol. The zero-order valence-corrected chi connectivity index (χ0v) is 25.8. The molecule has 1 aliphatic rings. The largest absolute Gasteiger partial charge is 0.417 e. The van der Waals surface area contributed by atoms with Gasteiger partial charge in [-0.2, -0.15) is 18.3 Å². The van der Waals surface area contributed by atoms with Crippen molar-refractivity contribution in [2.75, 3.05) is 18.4 Å². The van der Waals surface area contributed by atoms with Crippen LogP contribution in [0.1, 0.15) is 74.5 Å². The standard InChI is InChI=1S/C31H34ClF3N4O4S/c1-18(40)15-39(16-19(2)41)17-21-6-5-7-22(12-21)28(42)37-30-27(23-8-3-4-9-26(23)44-30)29(43)38-36-14-20-10-11-25(32)24(13-20)31(33,34)35/h5-7,10-14,18-19,40-41H,3-4,8-9,15-17H2,1-2H3,(H,37,42)(H,38,43). The molecule has 2 amide bonds. The SMILES string of the molecule is CC(O)CN(Cc1cccc(C(=O)Nc2sc3c(c2C(=O)NN=Cc2ccc(Cl)c(C(F)(F)F)c2)CCCC3)c1)CC(C)O. The number of nitrogens with one attached hydrogen (secondary N) is 2. The molecule has 2 aromatic carbocycles. The summed E-state index contributed by atoms with van der Waals surface area (Å²) in [5.74, 6) is -0.997. The Hall–Kier alpha value is -3.29. The Kier molecular flexibility index (Phi) is 11.2. The summed E-state index contributed by atoms with van der Waals surface area (Å²) in [4.78, 5) is 29.6. The summed E-state index contributed by atoms with van der Waals surface area (Å²) in [5.41, 5.74) is 3.79. The van der Waals surface area contributed by atoms with Crippen molar-refractivity contribution in [3.63, 3.8) is 0 Å². The van der Waals surface area contributed by atoms with Gasteiger partial charge in [0.2, 0.25) is 0 Å². The van der Waals surface area contributed by atoms with E-state index in [9.17, 15) is 33.0 Å². The Balaban J connectivity index is 1.52. The third-order valence-corrected chi connectivity index (χ3v) is 8.48. The Labute approximate surface area is 262 Å². The van der Waals surface area contributed by atoms with Crippen LogP contribution in [0.4, 0.5) is 18.2 Å². The number of hydrogen-bond acceptors (Lipinski definition) is 7. The first-order valence-electron chi connectivity index (χ1n) is 14.1. The monoisotopic (exact) mass is 650 g/mol. The maximum absolute atomic E-state index is 13.4. The lowest BCUT2D eigenvalue weighted by Crippen LogP contribution is -2.35. The fourth-order valence-corrected chi connectivity index (χ4v) is 6.66. The number of aliphatic hydroxyl groups excluding tert-OH is 2. The van der Waals surface area contributed by atoms with Gasteiger partial charge in [0, 0.05) is 30.1 Å². The Morgan fingerprint density at radius 1 is 1.07 bits per heavy atom. The zero-order valence-electron chi connectivity index (χ0n) is 24.2. The lowest BCUT2D eigenvalue weighted by molar-refractivity contribution is -0.137. The van der Waals surface area contributed by atoms with Crippen LogP contribution in [0.25, 0.3) is 0 Å². The fourth-order valence-electron chi connectivity index (χ4n) is 5.15. The number of benzene rings is 2. The van der Waals surface area contributed by atoms with Crippen LogP contribution in [0.3, 0.4) is 0 Å². The van der Waals surface area contributed by atoms with E-state index in [1.807, 2.05) is 11.0 Å². The highest BCUT2D eigenvalue weighted by atomic mass is 35.5. The molecule has 236 valence electrons. The summed E-state index contributed by atoms with van der Waals surface area (Å²) < 4.78 is 39.6. The van der Waals surface area contributed by atoms with Crippen LogP contribution in [0.2, 0.25) is 5.02 Å². The number of anilines is 1. The van der Waals surface area contributed by atoms with E-state index in [1.165, 1.54) is 17.4 Å². The van der Waals surface area contributed by atoms with E-state index in [4.69, 9.17) is 11.6 Å². The molecule has 1 aromatic heterocycles. The van der Waals surface area contributed by atoms with E-state index in [1.54, 1.807) is 32.0 Å². The van der Waals surface area contributed by atoms with Crippen LogP contribution >= 0.6 is 22.9 Å². The topological polar surface area (TPSA) is 114 Å². The first kappa shape index (κ1) is 33.6. The second-order valence-corrected chi connectivity index (χ2v) is 12.4. The molecule has 0 bridgehead atoms. The van der Waals surface area contributed by atoms with Crippen LogP contribution < -0.4 is 10.7 Å². The van der Waals surface area contributed by atoms with Crippen molar-refractivity contribution in [2.24, 2.45) is 5.10 Å². The maximum atomic E-state index is 13.4. The highest BCUT2D eigenvalue weighted by Gasteiger charge is 2.33. The average Bonchev–Trinajstić information content (AvgIpc) is 3.30. The van der Waals surface area contributed by atoms with Crippen molar-refractivity contribution in [3.05, 3.63) is 85.7 Å². The lowest BCUT2D eigenvalue weighted by atomic mass is 9.95. The van der Waals surface area contributed by atoms with Gasteiger partial charge in [-0.25, -0.2) is 5.43 Å². The van der Waals surface area contributed by atoms with Crippen molar-refractivity contribution in [2.45, 2.75) is 64.5 Å². The van der Waals surface area contributed by atoms with E-state index in [-0.39, 0.29) is 5.56 Å². The number of aryl methyl sites for hydroxylation is 1. The number of aliphatic hydroxyl groups is 2. The normalized spacial score (nSPS) is 14.8. The highest BCUT2D eigenvalue weighted by molar-refractivity contribution is 7.17. The van der Waals surface area contributed by atoms with Gasteiger partial charge in [-0.3, -0.25) is 14.5 Å².